The predicted molar refractivity (Wildman–Crippen MR) is 73.9 cm³/mol. The third-order valence-corrected chi connectivity index (χ3v) is 3.62. The molecule has 5 heteroatoms. The van der Waals surface area contributed by atoms with Crippen LogP contribution in [-0.4, -0.2) is 10.1 Å². The van der Waals surface area contributed by atoms with E-state index in [1.807, 2.05) is 0 Å². The summed E-state index contributed by atoms with van der Waals surface area (Å²) in [7, 11) is 0. The summed E-state index contributed by atoms with van der Waals surface area (Å²) in [5.74, 6) is -0.497. The number of hydrogen-bond donors (Lipinski definition) is 1. The molecule has 0 radical (unpaired) electrons. The molecule has 0 aliphatic carbocycles. The van der Waals surface area contributed by atoms with E-state index in [4.69, 9.17) is 23.2 Å². The monoisotopic (exact) mass is 299 g/mol. The van der Waals surface area contributed by atoms with Crippen molar-refractivity contribution in [2.45, 2.75) is 18.9 Å². The molecule has 0 saturated carbocycles. The number of benzene rings is 1. The topological polar surface area (TPSA) is 33.1 Å². The molecule has 1 unspecified atom stereocenters. The molecule has 1 N–H and O–H groups in total. The van der Waals surface area contributed by atoms with Crippen LogP contribution in [0.15, 0.2) is 36.7 Å². The van der Waals surface area contributed by atoms with Gasteiger partial charge in [0, 0.05) is 28.2 Å². The molecule has 1 atom stereocenters. The number of hydrogen-bond acceptors (Lipinski definition) is 2. The van der Waals surface area contributed by atoms with E-state index in [0.29, 0.717) is 21.2 Å². The molecule has 0 spiro atoms. The number of aliphatic hydroxyl groups is 1. The molecule has 2 rings (SSSR count). The van der Waals surface area contributed by atoms with Crippen molar-refractivity contribution in [2.24, 2.45) is 0 Å². The Morgan fingerprint density at radius 3 is 2.47 bits per heavy atom. The van der Waals surface area contributed by atoms with Gasteiger partial charge in [-0.05, 0) is 30.7 Å². The molecule has 0 aliphatic heterocycles. The molecule has 0 bridgehead atoms. The van der Waals surface area contributed by atoms with Gasteiger partial charge in [0.25, 0.3) is 0 Å². The Hall–Kier alpha value is -1.16. The Kier molecular flexibility index (Phi) is 4.09. The normalized spacial score (nSPS) is 14.2. The van der Waals surface area contributed by atoms with E-state index in [1.54, 1.807) is 25.1 Å². The molecule has 0 aliphatic rings. The largest absolute Gasteiger partial charge is 0.385 e. The van der Waals surface area contributed by atoms with Crippen molar-refractivity contribution in [1.29, 1.82) is 0 Å². The van der Waals surface area contributed by atoms with E-state index < -0.39 is 11.4 Å². The summed E-state index contributed by atoms with van der Waals surface area (Å²) >= 11 is 12.1. The highest BCUT2D eigenvalue weighted by atomic mass is 35.5. The minimum Gasteiger partial charge on any atom is -0.385 e. The maximum absolute atomic E-state index is 13.2. The minimum atomic E-state index is -1.30. The lowest BCUT2D eigenvalue weighted by Gasteiger charge is -2.24. The first-order valence-electron chi connectivity index (χ1n) is 5.66. The number of aromatic nitrogens is 1. The van der Waals surface area contributed by atoms with E-state index >= 15 is 0 Å². The predicted octanol–water partition coefficient (Wildman–Crippen LogP) is 3.98. The molecule has 0 saturated heterocycles. The van der Waals surface area contributed by atoms with Gasteiger partial charge in [-0.15, -0.1) is 0 Å². The Morgan fingerprint density at radius 2 is 1.89 bits per heavy atom. The van der Waals surface area contributed by atoms with Crippen molar-refractivity contribution >= 4 is 23.2 Å². The van der Waals surface area contributed by atoms with Crippen molar-refractivity contribution in [3.05, 3.63) is 63.6 Å². The fraction of sp³-hybridized carbons (Fsp3) is 0.214. The highest BCUT2D eigenvalue weighted by Gasteiger charge is 2.26. The summed E-state index contributed by atoms with van der Waals surface area (Å²) in [6.45, 7) is 1.57. The van der Waals surface area contributed by atoms with Crippen LogP contribution in [0.5, 0.6) is 0 Å². The Bertz CT molecular complexity index is 581. The fourth-order valence-corrected chi connectivity index (χ4v) is 2.38. The molecule has 1 heterocycles. The van der Waals surface area contributed by atoms with Gasteiger partial charge >= 0.3 is 0 Å². The fourth-order valence-electron chi connectivity index (χ4n) is 1.85. The summed E-state index contributed by atoms with van der Waals surface area (Å²) in [4.78, 5) is 3.74. The third-order valence-electron chi connectivity index (χ3n) is 2.91. The van der Waals surface area contributed by atoms with Crippen LogP contribution in [0.4, 0.5) is 4.39 Å². The Morgan fingerprint density at radius 1 is 1.26 bits per heavy atom. The van der Waals surface area contributed by atoms with Gasteiger partial charge in [-0.25, -0.2) is 4.39 Å². The summed E-state index contributed by atoms with van der Waals surface area (Å²) in [6, 6.07) is 6.37. The SMILES string of the molecule is CC(O)(Cc1c(Cl)cccc1Cl)c1cncc(F)c1. The van der Waals surface area contributed by atoms with Gasteiger partial charge in [-0.3, -0.25) is 4.98 Å². The van der Waals surface area contributed by atoms with E-state index in [1.165, 1.54) is 12.3 Å². The van der Waals surface area contributed by atoms with Gasteiger partial charge in [-0.1, -0.05) is 29.3 Å². The lowest BCUT2D eigenvalue weighted by atomic mass is 9.90. The van der Waals surface area contributed by atoms with Crippen molar-refractivity contribution in [2.75, 3.05) is 0 Å². The zero-order chi connectivity index (χ0) is 14.0. The van der Waals surface area contributed by atoms with E-state index in [2.05, 4.69) is 4.98 Å². The first kappa shape index (κ1) is 14.3. The van der Waals surface area contributed by atoms with Crippen molar-refractivity contribution in [3.63, 3.8) is 0 Å². The van der Waals surface area contributed by atoms with Gasteiger partial charge in [-0.2, -0.15) is 0 Å². The first-order chi connectivity index (χ1) is 8.90. The van der Waals surface area contributed by atoms with Gasteiger partial charge in [0.05, 0.1) is 11.8 Å². The van der Waals surface area contributed by atoms with Crippen LogP contribution >= 0.6 is 23.2 Å². The van der Waals surface area contributed by atoms with Crippen molar-refractivity contribution < 1.29 is 9.50 Å². The van der Waals surface area contributed by atoms with Crippen LogP contribution in [0.1, 0.15) is 18.1 Å². The number of pyridine rings is 1. The maximum Gasteiger partial charge on any atom is 0.141 e. The summed E-state index contributed by atoms with van der Waals surface area (Å²) in [5, 5.41) is 11.4. The van der Waals surface area contributed by atoms with Gasteiger partial charge in [0.15, 0.2) is 0 Å². The van der Waals surface area contributed by atoms with Crippen LogP contribution in [0, 0.1) is 5.82 Å². The van der Waals surface area contributed by atoms with Crippen molar-refractivity contribution in [3.8, 4) is 0 Å². The van der Waals surface area contributed by atoms with Gasteiger partial charge < -0.3 is 5.11 Å². The molecular formula is C14H12Cl2FNO. The molecule has 100 valence electrons. The van der Waals surface area contributed by atoms with E-state index in [9.17, 15) is 9.50 Å². The highest BCUT2D eigenvalue weighted by molar-refractivity contribution is 6.36. The van der Waals surface area contributed by atoms with Crippen LogP contribution in [0.2, 0.25) is 10.0 Å². The number of halogens is 3. The van der Waals surface area contributed by atoms with Crippen LogP contribution in [0.25, 0.3) is 0 Å². The van der Waals surface area contributed by atoms with Crippen LogP contribution in [-0.2, 0) is 12.0 Å². The summed E-state index contributed by atoms with van der Waals surface area (Å²) < 4.78 is 13.2. The van der Waals surface area contributed by atoms with E-state index in [-0.39, 0.29) is 6.42 Å². The maximum atomic E-state index is 13.2. The Labute approximate surface area is 120 Å². The zero-order valence-electron chi connectivity index (χ0n) is 10.2. The number of nitrogens with zero attached hydrogens (tertiary/aromatic N) is 1. The second kappa shape index (κ2) is 5.45. The van der Waals surface area contributed by atoms with Crippen LogP contribution < -0.4 is 0 Å². The van der Waals surface area contributed by atoms with Gasteiger partial charge in [0.1, 0.15) is 5.82 Å². The summed E-state index contributed by atoms with van der Waals surface area (Å²) in [6.07, 6.45) is 2.69. The van der Waals surface area contributed by atoms with E-state index in [0.717, 1.165) is 6.20 Å². The Balaban J connectivity index is 2.36. The standard InChI is InChI=1S/C14H12Cl2FNO/c1-14(19,9-5-10(17)8-18-7-9)6-11-12(15)3-2-4-13(11)16/h2-5,7-8,19H,6H2,1H3. The molecule has 2 nitrogen and oxygen atoms in total. The van der Waals surface area contributed by atoms with Crippen molar-refractivity contribution in [1.82, 2.24) is 4.98 Å². The lowest BCUT2D eigenvalue weighted by Crippen LogP contribution is -2.25. The average Bonchev–Trinajstić information content (AvgIpc) is 2.34. The molecule has 19 heavy (non-hydrogen) atoms. The smallest absolute Gasteiger partial charge is 0.141 e. The molecule has 0 amide bonds. The molecule has 2 aromatic rings. The third kappa shape index (κ3) is 3.24. The van der Waals surface area contributed by atoms with Crippen LogP contribution in [0.3, 0.4) is 0 Å². The second-order valence-electron chi connectivity index (χ2n) is 4.54. The highest BCUT2D eigenvalue weighted by Crippen LogP contribution is 2.32. The second-order valence-corrected chi connectivity index (χ2v) is 5.36. The molecule has 1 aromatic carbocycles. The summed E-state index contributed by atoms with van der Waals surface area (Å²) in [5.41, 5.74) is -0.299. The molecule has 0 fully saturated rings. The molecular weight excluding hydrogens is 288 g/mol. The number of rotatable bonds is 3. The molecule has 1 aromatic heterocycles. The lowest BCUT2D eigenvalue weighted by molar-refractivity contribution is 0.0569. The average molecular weight is 300 g/mol. The van der Waals surface area contributed by atoms with Gasteiger partial charge in [0.2, 0.25) is 0 Å². The quantitative estimate of drug-likeness (QED) is 0.930. The zero-order valence-corrected chi connectivity index (χ0v) is 11.7. The first-order valence-corrected chi connectivity index (χ1v) is 6.42. The minimum absolute atomic E-state index is 0.177.